The van der Waals surface area contributed by atoms with Gasteiger partial charge >= 0.3 is 0 Å². The molecule has 0 aliphatic heterocycles. The number of amides is 2. The largest absolute Gasteiger partial charge is 0.352 e. The van der Waals surface area contributed by atoms with Crippen molar-refractivity contribution >= 4 is 22.8 Å². The summed E-state index contributed by atoms with van der Waals surface area (Å²) in [6.07, 6.45) is 5.26. The Kier molecular flexibility index (Phi) is 3.79. The quantitative estimate of drug-likeness (QED) is 0.863. The Morgan fingerprint density at radius 3 is 2.82 bits per heavy atom. The molecule has 2 aromatic heterocycles. The van der Waals surface area contributed by atoms with Crippen LogP contribution in [0.5, 0.6) is 0 Å². The van der Waals surface area contributed by atoms with Gasteiger partial charge in [0.25, 0.3) is 5.91 Å². The molecule has 0 unspecified atom stereocenters. The van der Waals surface area contributed by atoms with E-state index in [0.717, 1.165) is 23.9 Å². The molecular weight excluding hydrogens is 282 g/mol. The van der Waals surface area contributed by atoms with Crippen LogP contribution in [0.15, 0.2) is 18.5 Å². The Morgan fingerprint density at radius 2 is 2.14 bits per heavy atom. The first-order valence-electron chi connectivity index (χ1n) is 7.45. The van der Waals surface area contributed by atoms with E-state index in [-0.39, 0.29) is 24.4 Å². The van der Waals surface area contributed by atoms with Crippen LogP contribution in [0.25, 0.3) is 11.0 Å². The van der Waals surface area contributed by atoms with Crippen molar-refractivity contribution in [3.63, 3.8) is 0 Å². The molecule has 0 aromatic carbocycles. The molecule has 2 heterocycles. The maximum Gasteiger partial charge on any atom is 0.253 e. The van der Waals surface area contributed by atoms with Gasteiger partial charge in [0.2, 0.25) is 5.91 Å². The summed E-state index contributed by atoms with van der Waals surface area (Å²) >= 11 is 0. The Morgan fingerprint density at radius 1 is 1.36 bits per heavy atom. The van der Waals surface area contributed by atoms with Crippen LogP contribution >= 0.6 is 0 Å². The van der Waals surface area contributed by atoms with Crippen molar-refractivity contribution in [1.29, 1.82) is 0 Å². The molecule has 0 radical (unpaired) electrons. The van der Waals surface area contributed by atoms with E-state index in [4.69, 9.17) is 0 Å². The molecule has 2 N–H and O–H groups in total. The second-order valence-corrected chi connectivity index (χ2v) is 5.84. The third-order valence-electron chi connectivity index (χ3n) is 3.54. The third-order valence-corrected chi connectivity index (χ3v) is 3.54. The standard InChI is InChI=1S/C15H19N5O2/c1-9(2)20-14-10(7-18-20)5-11(6-16-14)15(22)17-8-13(21)19-12-3-4-12/h5-7,9,12H,3-4,8H2,1-2H3,(H,17,22)(H,19,21). The van der Waals surface area contributed by atoms with Crippen molar-refractivity contribution in [1.82, 2.24) is 25.4 Å². The van der Waals surface area contributed by atoms with Crippen molar-refractivity contribution in [2.45, 2.75) is 38.8 Å². The number of aromatic nitrogens is 3. The third kappa shape index (κ3) is 3.08. The van der Waals surface area contributed by atoms with Crippen molar-refractivity contribution in [3.05, 3.63) is 24.0 Å². The van der Waals surface area contributed by atoms with Gasteiger partial charge in [0.1, 0.15) is 0 Å². The van der Waals surface area contributed by atoms with Gasteiger partial charge in [0.15, 0.2) is 5.65 Å². The lowest BCUT2D eigenvalue weighted by atomic mass is 10.2. The number of nitrogens with one attached hydrogen (secondary N) is 2. The summed E-state index contributed by atoms with van der Waals surface area (Å²) in [5.74, 6) is -0.463. The summed E-state index contributed by atoms with van der Waals surface area (Å²) in [7, 11) is 0. The van der Waals surface area contributed by atoms with E-state index >= 15 is 0 Å². The number of carbonyl (C=O) groups is 2. The Bertz CT molecular complexity index is 718. The molecule has 0 atom stereocenters. The minimum absolute atomic E-state index is 0.0153. The van der Waals surface area contributed by atoms with Crippen LogP contribution in [0.1, 0.15) is 43.1 Å². The molecule has 1 aliphatic carbocycles. The highest BCUT2D eigenvalue weighted by Crippen LogP contribution is 2.18. The minimum Gasteiger partial charge on any atom is -0.352 e. The summed E-state index contributed by atoms with van der Waals surface area (Å²) in [5, 5.41) is 10.5. The smallest absolute Gasteiger partial charge is 0.253 e. The molecule has 1 aliphatic rings. The second-order valence-electron chi connectivity index (χ2n) is 5.84. The second kappa shape index (κ2) is 5.75. The van der Waals surface area contributed by atoms with E-state index in [1.807, 2.05) is 13.8 Å². The maximum atomic E-state index is 12.1. The summed E-state index contributed by atoms with van der Waals surface area (Å²) in [4.78, 5) is 27.9. The van der Waals surface area contributed by atoms with Crippen LogP contribution in [0, 0.1) is 0 Å². The number of fused-ring (bicyclic) bond motifs is 1. The lowest BCUT2D eigenvalue weighted by Crippen LogP contribution is -2.37. The molecule has 0 spiro atoms. The van der Waals surface area contributed by atoms with Gasteiger partial charge in [0.05, 0.1) is 18.3 Å². The van der Waals surface area contributed by atoms with E-state index in [1.165, 1.54) is 6.20 Å². The van der Waals surface area contributed by atoms with Crippen molar-refractivity contribution in [2.24, 2.45) is 0 Å². The zero-order valence-electron chi connectivity index (χ0n) is 12.7. The zero-order chi connectivity index (χ0) is 15.7. The van der Waals surface area contributed by atoms with Crippen molar-refractivity contribution in [3.8, 4) is 0 Å². The Hall–Kier alpha value is -2.44. The molecule has 7 nitrogen and oxygen atoms in total. The molecule has 2 amide bonds. The minimum atomic E-state index is -0.308. The van der Waals surface area contributed by atoms with Gasteiger partial charge in [-0.1, -0.05) is 0 Å². The molecule has 2 aromatic rings. The van der Waals surface area contributed by atoms with Gasteiger partial charge < -0.3 is 10.6 Å². The molecule has 3 rings (SSSR count). The van der Waals surface area contributed by atoms with Crippen molar-refractivity contribution < 1.29 is 9.59 Å². The lowest BCUT2D eigenvalue weighted by molar-refractivity contribution is -0.120. The zero-order valence-corrected chi connectivity index (χ0v) is 12.7. The van der Waals surface area contributed by atoms with Crippen molar-refractivity contribution in [2.75, 3.05) is 6.54 Å². The van der Waals surface area contributed by atoms with Gasteiger partial charge in [-0.15, -0.1) is 0 Å². The topological polar surface area (TPSA) is 88.9 Å². The van der Waals surface area contributed by atoms with Gasteiger partial charge in [-0.25, -0.2) is 9.67 Å². The highest BCUT2D eigenvalue weighted by Gasteiger charge is 2.23. The molecule has 0 saturated heterocycles. The first-order chi connectivity index (χ1) is 10.5. The maximum absolute atomic E-state index is 12.1. The number of hydrogen-bond donors (Lipinski definition) is 2. The first-order valence-corrected chi connectivity index (χ1v) is 7.45. The van der Waals surface area contributed by atoms with Crippen LogP contribution in [-0.4, -0.2) is 39.2 Å². The average molecular weight is 301 g/mol. The van der Waals surface area contributed by atoms with Crippen LogP contribution in [0.2, 0.25) is 0 Å². The molecule has 1 saturated carbocycles. The average Bonchev–Trinajstić information content (AvgIpc) is 3.19. The van der Waals surface area contributed by atoms with E-state index in [9.17, 15) is 9.59 Å². The fraction of sp³-hybridized carbons (Fsp3) is 0.467. The predicted molar refractivity (Wildman–Crippen MR) is 81.4 cm³/mol. The number of rotatable bonds is 5. The number of nitrogens with zero attached hydrogens (tertiary/aromatic N) is 3. The molecule has 116 valence electrons. The summed E-state index contributed by atoms with van der Waals surface area (Å²) < 4.78 is 1.81. The van der Waals surface area contributed by atoms with Crippen LogP contribution in [-0.2, 0) is 4.79 Å². The summed E-state index contributed by atoms with van der Waals surface area (Å²) in [6, 6.07) is 2.24. The fourth-order valence-electron chi connectivity index (χ4n) is 2.21. The Labute approximate surface area is 128 Å². The number of carbonyl (C=O) groups excluding carboxylic acids is 2. The normalized spacial score (nSPS) is 14.3. The SMILES string of the molecule is CC(C)n1ncc2cc(C(=O)NCC(=O)NC3CC3)cnc21. The van der Waals surface area contributed by atoms with Crippen LogP contribution in [0.3, 0.4) is 0 Å². The molecule has 0 bridgehead atoms. The van der Waals surface area contributed by atoms with E-state index in [2.05, 4.69) is 20.7 Å². The molecule has 22 heavy (non-hydrogen) atoms. The number of hydrogen-bond acceptors (Lipinski definition) is 4. The van der Waals surface area contributed by atoms with Gasteiger partial charge in [-0.05, 0) is 32.8 Å². The van der Waals surface area contributed by atoms with E-state index in [1.54, 1.807) is 16.9 Å². The monoisotopic (exact) mass is 301 g/mol. The highest BCUT2D eigenvalue weighted by atomic mass is 16.2. The molecular formula is C15H19N5O2. The molecule has 1 fully saturated rings. The van der Waals surface area contributed by atoms with Gasteiger partial charge in [-0.2, -0.15) is 5.10 Å². The lowest BCUT2D eigenvalue weighted by Gasteiger charge is -2.07. The summed E-state index contributed by atoms with van der Waals surface area (Å²) in [5.41, 5.74) is 1.17. The number of pyridine rings is 1. The van der Waals surface area contributed by atoms with Gasteiger partial charge in [0, 0.05) is 23.7 Å². The Balaban J connectivity index is 1.67. The fourth-order valence-corrected chi connectivity index (χ4v) is 2.21. The van der Waals surface area contributed by atoms with E-state index < -0.39 is 0 Å². The predicted octanol–water partition coefficient (Wildman–Crippen LogP) is 1.02. The summed E-state index contributed by atoms with van der Waals surface area (Å²) in [6.45, 7) is 4.03. The van der Waals surface area contributed by atoms with Crippen LogP contribution < -0.4 is 10.6 Å². The molecule has 7 heteroatoms. The highest BCUT2D eigenvalue weighted by molar-refractivity contribution is 5.98. The van der Waals surface area contributed by atoms with Gasteiger partial charge in [-0.3, -0.25) is 9.59 Å². The van der Waals surface area contributed by atoms with Crippen LogP contribution in [0.4, 0.5) is 0 Å². The van der Waals surface area contributed by atoms with E-state index in [0.29, 0.717) is 11.6 Å². The first kappa shape index (κ1) is 14.5.